The van der Waals surface area contributed by atoms with Gasteiger partial charge in [0.15, 0.2) is 27.8 Å². The van der Waals surface area contributed by atoms with Crippen molar-refractivity contribution in [3.05, 3.63) is 73.2 Å². The van der Waals surface area contributed by atoms with Gasteiger partial charge in [0, 0.05) is 30.2 Å². The number of phenolic OH excluding ortho intramolecular Hbond substituents is 1. The second kappa shape index (κ2) is 9.96. The van der Waals surface area contributed by atoms with Gasteiger partial charge in [-0.1, -0.05) is 35.3 Å². The molecule has 5 rings (SSSR count). The summed E-state index contributed by atoms with van der Waals surface area (Å²) in [5.41, 5.74) is 9.21. The number of aromatic hydroxyl groups is 1. The largest absolute Gasteiger partial charge is 0.504 e. The highest BCUT2D eigenvalue weighted by atomic mass is 35.5. The first-order chi connectivity index (χ1) is 17.4. The maximum absolute atomic E-state index is 10.1. The molecule has 3 heterocycles. The van der Waals surface area contributed by atoms with E-state index in [2.05, 4.69) is 15.0 Å². The van der Waals surface area contributed by atoms with E-state index in [0.717, 1.165) is 16.8 Å². The van der Waals surface area contributed by atoms with Crippen LogP contribution >= 0.6 is 23.2 Å². The number of aromatic nitrogens is 5. The minimum Gasteiger partial charge on any atom is -0.504 e. The first kappa shape index (κ1) is 23.8. The van der Waals surface area contributed by atoms with Crippen LogP contribution in [-0.4, -0.2) is 42.9 Å². The molecule has 0 aliphatic rings. The van der Waals surface area contributed by atoms with Gasteiger partial charge in [0.05, 0.1) is 31.1 Å². The third-order valence-corrected chi connectivity index (χ3v) is 6.04. The van der Waals surface area contributed by atoms with Gasteiger partial charge in [-0.2, -0.15) is 0 Å². The van der Waals surface area contributed by atoms with E-state index in [4.69, 9.17) is 38.4 Å². The molecule has 3 aromatic heterocycles. The molecule has 0 saturated carbocycles. The number of nitrogens with two attached hydrogens (primary N) is 1. The molecule has 0 spiro atoms. The Balaban J connectivity index is 1.60. The molecule has 0 unspecified atom stereocenters. The Labute approximate surface area is 216 Å². The van der Waals surface area contributed by atoms with Crippen molar-refractivity contribution in [2.24, 2.45) is 0 Å². The van der Waals surface area contributed by atoms with Gasteiger partial charge in [0.2, 0.25) is 0 Å². The lowest BCUT2D eigenvalue weighted by atomic mass is 10.1. The van der Waals surface area contributed by atoms with E-state index in [9.17, 15) is 5.11 Å². The van der Waals surface area contributed by atoms with Crippen molar-refractivity contribution in [3.8, 4) is 34.1 Å². The number of hydrogen-bond donors (Lipinski definition) is 2. The molecule has 9 nitrogen and oxygen atoms in total. The van der Waals surface area contributed by atoms with Crippen molar-refractivity contribution in [2.45, 2.75) is 11.4 Å². The maximum atomic E-state index is 10.1. The van der Waals surface area contributed by atoms with Crippen LogP contribution in [0.2, 0.25) is 0 Å². The number of nitrogens with zero attached hydrogens (tertiary/aromatic N) is 5. The van der Waals surface area contributed by atoms with Crippen LogP contribution in [0.5, 0.6) is 17.2 Å². The van der Waals surface area contributed by atoms with Crippen molar-refractivity contribution in [3.63, 3.8) is 0 Å². The molecule has 36 heavy (non-hydrogen) atoms. The molecule has 11 heteroatoms. The molecular formula is C25H22Cl2N6O3. The summed E-state index contributed by atoms with van der Waals surface area (Å²) in [5, 5.41) is 10.7. The zero-order chi connectivity index (χ0) is 25.2. The fourth-order valence-electron chi connectivity index (χ4n) is 3.94. The van der Waals surface area contributed by atoms with Crippen molar-refractivity contribution in [1.29, 1.82) is 0 Å². The van der Waals surface area contributed by atoms with Gasteiger partial charge in [0.1, 0.15) is 18.2 Å². The SMILES string of the molecule is COc1cc(-c2cn(-c3cccc(OCCn4ccnc4)c3)c3nc(C(Cl)Cl)nc(N)c23)ccc1O. The lowest BCUT2D eigenvalue weighted by molar-refractivity contribution is 0.298. The second-order valence-corrected chi connectivity index (χ2v) is 9.01. The molecule has 0 fully saturated rings. The Morgan fingerprint density at radius 1 is 1.14 bits per heavy atom. The summed E-state index contributed by atoms with van der Waals surface area (Å²) in [6.07, 6.45) is 7.25. The molecule has 0 saturated heterocycles. The third-order valence-electron chi connectivity index (χ3n) is 5.65. The number of rotatable bonds is 8. The van der Waals surface area contributed by atoms with E-state index >= 15 is 0 Å². The lowest BCUT2D eigenvalue weighted by Gasteiger charge is -2.10. The predicted molar refractivity (Wildman–Crippen MR) is 139 cm³/mol. The standard InChI is InChI=1S/C25H22Cl2N6O3/c1-35-20-11-15(5-6-19(20)34)18-13-33(25-21(18)23(28)30-24(31-25)22(26)27)16-3-2-4-17(12-16)36-10-9-32-8-7-29-14-32/h2-8,11-14,22,34H,9-10H2,1H3,(H2,28,30,31). The summed E-state index contributed by atoms with van der Waals surface area (Å²) in [6.45, 7) is 1.15. The van der Waals surface area contributed by atoms with Crippen LogP contribution in [0.25, 0.3) is 27.8 Å². The number of nitrogen functional groups attached to an aromatic ring is 1. The van der Waals surface area contributed by atoms with E-state index < -0.39 is 4.84 Å². The zero-order valence-corrected chi connectivity index (χ0v) is 20.7. The summed E-state index contributed by atoms with van der Waals surface area (Å²) in [4.78, 5) is 12.0. The second-order valence-electron chi connectivity index (χ2n) is 7.91. The lowest BCUT2D eigenvalue weighted by Crippen LogP contribution is -2.07. The van der Waals surface area contributed by atoms with Gasteiger partial charge in [-0.3, -0.25) is 0 Å². The molecule has 0 aliphatic heterocycles. The molecule has 5 aromatic rings. The number of anilines is 1. The fraction of sp³-hybridized carbons (Fsp3) is 0.160. The van der Waals surface area contributed by atoms with Crippen molar-refractivity contribution >= 4 is 40.1 Å². The van der Waals surface area contributed by atoms with Crippen LogP contribution in [0, 0.1) is 0 Å². The summed E-state index contributed by atoms with van der Waals surface area (Å²) in [5.74, 6) is 1.49. The van der Waals surface area contributed by atoms with Crippen LogP contribution in [0.1, 0.15) is 10.7 Å². The number of imidazole rings is 1. The van der Waals surface area contributed by atoms with E-state index in [0.29, 0.717) is 35.7 Å². The number of fused-ring (bicyclic) bond motifs is 1. The van der Waals surface area contributed by atoms with Gasteiger partial charge < -0.3 is 29.4 Å². The third kappa shape index (κ3) is 4.62. The Morgan fingerprint density at radius 2 is 2.00 bits per heavy atom. The van der Waals surface area contributed by atoms with Crippen LogP contribution in [0.3, 0.4) is 0 Å². The van der Waals surface area contributed by atoms with Gasteiger partial charge in [-0.15, -0.1) is 0 Å². The maximum Gasteiger partial charge on any atom is 0.167 e. The topological polar surface area (TPSA) is 113 Å². The highest BCUT2D eigenvalue weighted by Gasteiger charge is 2.21. The van der Waals surface area contributed by atoms with Gasteiger partial charge >= 0.3 is 0 Å². The smallest absolute Gasteiger partial charge is 0.167 e. The minimum absolute atomic E-state index is 0.0316. The van der Waals surface area contributed by atoms with Crippen LogP contribution in [0.15, 0.2) is 67.4 Å². The van der Waals surface area contributed by atoms with Gasteiger partial charge in [-0.25, -0.2) is 15.0 Å². The van der Waals surface area contributed by atoms with Crippen LogP contribution in [-0.2, 0) is 6.54 Å². The summed E-state index contributed by atoms with van der Waals surface area (Å²) in [7, 11) is 1.49. The average Bonchev–Trinajstić information content (AvgIpc) is 3.53. The van der Waals surface area contributed by atoms with E-state index in [1.54, 1.807) is 30.7 Å². The molecule has 2 aromatic carbocycles. The molecule has 0 amide bonds. The van der Waals surface area contributed by atoms with E-state index in [1.807, 2.05) is 45.8 Å². The number of ether oxygens (including phenoxy) is 2. The normalized spacial score (nSPS) is 11.3. The molecule has 184 valence electrons. The van der Waals surface area contributed by atoms with Crippen LogP contribution in [0.4, 0.5) is 5.82 Å². The number of hydrogen-bond acceptors (Lipinski definition) is 7. The Kier molecular flexibility index (Phi) is 6.58. The minimum atomic E-state index is -0.949. The molecule has 3 N–H and O–H groups in total. The van der Waals surface area contributed by atoms with Gasteiger partial charge in [0.25, 0.3) is 0 Å². The highest BCUT2D eigenvalue weighted by molar-refractivity contribution is 6.43. The Morgan fingerprint density at radius 3 is 2.75 bits per heavy atom. The quantitative estimate of drug-likeness (QED) is 0.270. The highest BCUT2D eigenvalue weighted by Crippen LogP contribution is 2.39. The Hall–Kier alpha value is -3.95. The number of halogens is 2. The van der Waals surface area contributed by atoms with Crippen molar-refractivity contribution in [2.75, 3.05) is 19.5 Å². The predicted octanol–water partition coefficient (Wildman–Crippen LogP) is 5.14. The molecular weight excluding hydrogens is 503 g/mol. The molecule has 0 aliphatic carbocycles. The average molecular weight is 525 g/mol. The molecule has 0 bridgehead atoms. The van der Waals surface area contributed by atoms with Crippen molar-refractivity contribution in [1.82, 2.24) is 24.1 Å². The molecule has 0 radical (unpaired) electrons. The summed E-state index contributed by atoms with van der Waals surface area (Å²) < 4.78 is 15.1. The van der Waals surface area contributed by atoms with Gasteiger partial charge in [-0.05, 0) is 29.8 Å². The van der Waals surface area contributed by atoms with E-state index in [-0.39, 0.29) is 17.4 Å². The molecule has 0 atom stereocenters. The number of phenols is 1. The summed E-state index contributed by atoms with van der Waals surface area (Å²) in [6, 6.07) is 12.7. The number of benzene rings is 2. The number of alkyl halides is 2. The van der Waals surface area contributed by atoms with Crippen LogP contribution < -0.4 is 15.2 Å². The first-order valence-electron chi connectivity index (χ1n) is 11.0. The monoisotopic (exact) mass is 524 g/mol. The fourth-order valence-corrected chi connectivity index (χ4v) is 4.14. The van der Waals surface area contributed by atoms with E-state index in [1.165, 1.54) is 7.11 Å². The zero-order valence-electron chi connectivity index (χ0n) is 19.2. The first-order valence-corrected chi connectivity index (χ1v) is 11.8. The summed E-state index contributed by atoms with van der Waals surface area (Å²) >= 11 is 12.2. The van der Waals surface area contributed by atoms with Crippen molar-refractivity contribution < 1.29 is 14.6 Å². The number of methoxy groups -OCH3 is 1. The Bertz CT molecular complexity index is 1520.